The maximum atomic E-state index is 13.5. The molecule has 1 atom stereocenters. The lowest BCUT2D eigenvalue weighted by Crippen LogP contribution is -2.30. The van der Waals surface area contributed by atoms with E-state index in [2.05, 4.69) is 5.10 Å². The number of fused-ring (bicyclic) bond motifs is 1. The first kappa shape index (κ1) is 15.6. The molecule has 2 fully saturated rings. The van der Waals surface area contributed by atoms with Gasteiger partial charge in [0, 0.05) is 42.4 Å². The summed E-state index contributed by atoms with van der Waals surface area (Å²) in [7, 11) is 1.92. The van der Waals surface area contributed by atoms with Gasteiger partial charge in [0.2, 0.25) is 0 Å². The molecule has 0 N–H and O–H groups in total. The van der Waals surface area contributed by atoms with E-state index in [1.54, 1.807) is 0 Å². The predicted octanol–water partition coefficient (Wildman–Crippen LogP) is 3.82. The number of rotatable bonds is 3. The van der Waals surface area contributed by atoms with Gasteiger partial charge in [0.05, 0.1) is 23.3 Å². The van der Waals surface area contributed by atoms with Gasteiger partial charge in [-0.1, -0.05) is 18.2 Å². The minimum atomic E-state index is 0.118. The lowest BCUT2D eigenvalue weighted by molar-refractivity contribution is 0.0737. The van der Waals surface area contributed by atoms with Crippen LogP contribution in [-0.4, -0.2) is 32.1 Å². The van der Waals surface area contributed by atoms with Crippen LogP contribution in [0.4, 0.5) is 0 Å². The van der Waals surface area contributed by atoms with Crippen molar-refractivity contribution in [2.75, 3.05) is 6.54 Å². The molecule has 0 spiro atoms. The Morgan fingerprint density at radius 3 is 2.81 bits per heavy atom. The van der Waals surface area contributed by atoms with Gasteiger partial charge in [-0.2, -0.15) is 5.10 Å². The van der Waals surface area contributed by atoms with E-state index in [0.29, 0.717) is 5.92 Å². The molecule has 1 saturated carbocycles. The van der Waals surface area contributed by atoms with Gasteiger partial charge in [-0.3, -0.25) is 14.5 Å². The van der Waals surface area contributed by atoms with Crippen molar-refractivity contribution in [3.05, 3.63) is 59.5 Å². The predicted molar refractivity (Wildman–Crippen MR) is 99.9 cm³/mol. The molecule has 5 nitrogen and oxygen atoms in total. The second kappa shape index (κ2) is 5.94. The number of likely N-dealkylation sites (tertiary alicyclic amines) is 1. The number of carbonyl (C=O) groups excluding carboxylic acids is 1. The molecule has 3 heterocycles. The average molecular weight is 346 g/mol. The number of nitrogens with zero attached hydrogens (tertiary/aromatic N) is 4. The lowest BCUT2D eigenvalue weighted by atomic mass is 10.0. The Morgan fingerprint density at radius 1 is 1.19 bits per heavy atom. The Hall–Kier alpha value is -2.69. The highest BCUT2D eigenvalue weighted by atomic mass is 16.2. The lowest BCUT2D eigenvalue weighted by Gasteiger charge is -2.25. The van der Waals surface area contributed by atoms with E-state index in [-0.39, 0.29) is 11.9 Å². The molecular weight excluding hydrogens is 324 g/mol. The summed E-state index contributed by atoms with van der Waals surface area (Å²) >= 11 is 0. The van der Waals surface area contributed by atoms with E-state index >= 15 is 0 Å². The molecule has 1 aromatic carbocycles. The van der Waals surface area contributed by atoms with Gasteiger partial charge in [0.1, 0.15) is 0 Å². The average Bonchev–Trinajstić information content (AvgIpc) is 3.24. The van der Waals surface area contributed by atoms with E-state index in [0.717, 1.165) is 47.1 Å². The molecule has 3 aromatic rings. The van der Waals surface area contributed by atoms with Crippen LogP contribution in [0.25, 0.3) is 10.9 Å². The monoisotopic (exact) mass is 346 g/mol. The highest BCUT2D eigenvalue weighted by molar-refractivity contribution is 6.06. The van der Waals surface area contributed by atoms with Crippen LogP contribution >= 0.6 is 0 Å². The summed E-state index contributed by atoms with van der Waals surface area (Å²) in [6, 6.07) is 10.2. The van der Waals surface area contributed by atoms with Crippen molar-refractivity contribution in [3.63, 3.8) is 0 Å². The van der Waals surface area contributed by atoms with Crippen molar-refractivity contribution in [1.29, 1.82) is 0 Å². The van der Waals surface area contributed by atoms with Crippen LogP contribution in [0.15, 0.2) is 42.7 Å². The standard InChI is InChI=1S/C21H22N4O/c1-24-13-15(12-22-24)20-7-4-10-25(20)21(26)17-11-19(14-8-9-14)23-18-6-3-2-5-16(17)18/h2-3,5-6,11-14,20H,4,7-10H2,1H3. The maximum Gasteiger partial charge on any atom is 0.255 e. The van der Waals surface area contributed by atoms with Crippen molar-refractivity contribution in [1.82, 2.24) is 19.7 Å². The van der Waals surface area contributed by atoms with Crippen LogP contribution < -0.4 is 0 Å². The van der Waals surface area contributed by atoms with Gasteiger partial charge >= 0.3 is 0 Å². The van der Waals surface area contributed by atoms with Crippen molar-refractivity contribution in [2.45, 2.75) is 37.6 Å². The Labute approximate surface area is 152 Å². The number of carbonyl (C=O) groups is 1. The molecule has 1 aliphatic carbocycles. The van der Waals surface area contributed by atoms with Crippen LogP contribution in [0.5, 0.6) is 0 Å². The molecule has 0 bridgehead atoms. The maximum absolute atomic E-state index is 13.5. The number of pyridine rings is 1. The van der Waals surface area contributed by atoms with Crippen LogP contribution in [0.2, 0.25) is 0 Å². The molecule has 1 amide bonds. The van der Waals surface area contributed by atoms with Crippen LogP contribution in [0.3, 0.4) is 0 Å². The third-order valence-electron chi connectivity index (χ3n) is 5.59. The fourth-order valence-corrected chi connectivity index (χ4v) is 4.08. The van der Waals surface area contributed by atoms with Gasteiger partial charge in [-0.15, -0.1) is 0 Å². The molecular formula is C21H22N4O. The minimum absolute atomic E-state index is 0.118. The second-order valence-corrected chi connectivity index (χ2v) is 7.49. The van der Waals surface area contributed by atoms with E-state index < -0.39 is 0 Å². The smallest absolute Gasteiger partial charge is 0.255 e. The zero-order chi connectivity index (χ0) is 17.7. The van der Waals surface area contributed by atoms with Crippen molar-refractivity contribution < 1.29 is 4.79 Å². The summed E-state index contributed by atoms with van der Waals surface area (Å²) in [6.45, 7) is 0.799. The highest BCUT2D eigenvalue weighted by Gasteiger charge is 2.33. The Kier molecular flexibility index (Phi) is 3.55. The SMILES string of the molecule is Cn1cc(C2CCCN2C(=O)c2cc(C3CC3)nc3ccccc23)cn1. The number of hydrogen-bond donors (Lipinski definition) is 0. The number of aromatic nitrogens is 3. The topological polar surface area (TPSA) is 51.0 Å². The molecule has 2 aromatic heterocycles. The molecule has 1 saturated heterocycles. The number of para-hydroxylation sites is 1. The number of amides is 1. The Balaban J connectivity index is 1.57. The third kappa shape index (κ3) is 2.59. The van der Waals surface area contributed by atoms with Gasteiger partial charge in [0.25, 0.3) is 5.91 Å². The van der Waals surface area contributed by atoms with Crippen LogP contribution in [-0.2, 0) is 7.05 Å². The van der Waals surface area contributed by atoms with Gasteiger partial charge in [-0.05, 0) is 37.8 Å². The number of aryl methyl sites for hydroxylation is 1. The normalized spacial score (nSPS) is 20.0. The summed E-state index contributed by atoms with van der Waals surface area (Å²) in [5.74, 6) is 0.649. The summed E-state index contributed by atoms with van der Waals surface area (Å²) < 4.78 is 1.81. The number of benzene rings is 1. The van der Waals surface area contributed by atoms with Gasteiger partial charge in [0.15, 0.2) is 0 Å². The molecule has 1 unspecified atom stereocenters. The first-order chi connectivity index (χ1) is 12.7. The molecule has 5 rings (SSSR count). The molecule has 1 aliphatic heterocycles. The van der Waals surface area contributed by atoms with Crippen molar-refractivity contribution in [2.24, 2.45) is 7.05 Å². The molecule has 2 aliphatic rings. The van der Waals surface area contributed by atoms with E-state index in [9.17, 15) is 4.79 Å². The second-order valence-electron chi connectivity index (χ2n) is 7.49. The first-order valence-electron chi connectivity index (χ1n) is 9.40. The minimum Gasteiger partial charge on any atom is -0.331 e. The summed E-state index contributed by atoms with van der Waals surface area (Å²) in [4.78, 5) is 20.3. The highest BCUT2D eigenvalue weighted by Crippen LogP contribution is 2.41. The molecule has 26 heavy (non-hydrogen) atoms. The van der Waals surface area contributed by atoms with Gasteiger partial charge < -0.3 is 4.90 Å². The van der Waals surface area contributed by atoms with Gasteiger partial charge in [-0.25, -0.2) is 0 Å². The summed E-state index contributed by atoms with van der Waals surface area (Å²) in [5, 5.41) is 5.25. The largest absolute Gasteiger partial charge is 0.331 e. The quantitative estimate of drug-likeness (QED) is 0.724. The van der Waals surface area contributed by atoms with E-state index in [4.69, 9.17) is 4.98 Å². The zero-order valence-corrected chi connectivity index (χ0v) is 14.9. The summed E-state index contributed by atoms with van der Waals surface area (Å²) in [6.07, 6.45) is 8.30. The summed E-state index contributed by atoms with van der Waals surface area (Å²) in [5.41, 5.74) is 3.92. The van der Waals surface area contributed by atoms with E-state index in [1.165, 1.54) is 12.8 Å². The molecule has 0 radical (unpaired) electrons. The van der Waals surface area contributed by atoms with Crippen LogP contribution in [0, 0.1) is 0 Å². The van der Waals surface area contributed by atoms with Crippen molar-refractivity contribution >= 4 is 16.8 Å². The molecule has 5 heteroatoms. The van der Waals surface area contributed by atoms with Crippen molar-refractivity contribution in [3.8, 4) is 0 Å². The third-order valence-corrected chi connectivity index (χ3v) is 5.59. The molecule has 132 valence electrons. The Bertz CT molecular complexity index is 989. The first-order valence-corrected chi connectivity index (χ1v) is 9.40. The van der Waals surface area contributed by atoms with E-state index in [1.807, 2.05) is 59.4 Å². The number of hydrogen-bond acceptors (Lipinski definition) is 3. The zero-order valence-electron chi connectivity index (χ0n) is 14.9. The Morgan fingerprint density at radius 2 is 2.04 bits per heavy atom. The fraction of sp³-hybridized carbons (Fsp3) is 0.381. The van der Waals surface area contributed by atoms with Crippen LogP contribution in [0.1, 0.15) is 59.3 Å². The fourth-order valence-electron chi connectivity index (χ4n) is 4.08.